The monoisotopic (exact) mass is 274 g/mol. The first-order chi connectivity index (χ1) is 8.17. The van der Waals surface area contributed by atoms with Crippen LogP contribution in [0.15, 0.2) is 24.5 Å². The number of halogens is 1. The smallest absolute Gasteiger partial charge is 0.372 e. The van der Waals surface area contributed by atoms with Gasteiger partial charge in [-0.05, 0) is 13.8 Å². The SMILES string of the molecule is CCOC(=O)C[n+]1ccc(C(=O)OCC)cc1.Cl. The fraction of sp³-hybridized carbons (Fsp3) is 0.417. The zero-order chi connectivity index (χ0) is 12.7. The van der Waals surface area contributed by atoms with Gasteiger partial charge in [0.05, 0.1) is 18.8 Å². The molecule has 6 heteroatoms. The maximum Gasteiger partial charge on any atom is 0.372 e. The molecule has 0 unspecified atom stereocenters. The van der Waals surface area contributed by atoms with E-state index in [9.17, 15) is 9.59 Å². The molecule has 0 aliphatic carbocycles. The quantitative estimate of drug-likeness (QED) is 0.597. The van der Waals surface area contributed by atoms with Crippen LogP contribution in [0.3, 0.4) is 0 Å². The molecule has 0 amide bonds. The number of esters is 2. The Labute approximate surface area is 112 Å². The van der Waals surface area contributed by atoms with Crippen molar-refractivity contribution in [2.24, 2.45) is 0 Å². The van der Waals surface area contributed by atoms with Crippen molar-refractivity contribution in [1.29, 1.82) is 0 Å². The molecular weight excluding hydrogens is 258 g/mol. The number of aromatic nitrogens is 1. The first kappa shape index (κ1) is 16.4. The topological polar surface area (TPSA) is 56.5 Å². The highest BCUT2D eigenvalue weighted by Crippen LogP contribution is 1.98. The number of rotatable bonds is 5. The number of carbonyl (C=O) groups is 2. The van der Waals surface area contributed by atoms with Crippen molar-refractivity contribution >= 4 is 24.3 Å². The fourth-order valence-corrected chi connectivity index (χ4v) is 1.27. The van der Waals surface area contributed by atoms with Crippen molar-refractivity contribution in [3.63, 3.8) is 0 Å². The normalized spacial score (nSPS) is 9.22. The van der Waals surface area contributed by atoms with Crippen LogP contribution >= 0.6 is 12.4 Å². The summed E-state index contributed by atoms with van der Waals surface area (Å²) in [5, 5.41) is 0. The minimum Gasteiger partial charge on any atom is -0.462 e. The van der Waals surface area contributed by atoms with Gasteiger partial charge in [0.15, 0.2) is 12.4 Å². The standard InChI is InChI=1S/C12H16NO4.ClH/c1-3-16-11(14)9-13-7-5-10(6-8-13)12(15)17-4-2;/h5-8H,3-4,9H2,1-2H3;1H/q+1;. The maximum atomic E-state index is 11.4. The zero-order valence-corrected chi connectivity index (χ0v) is 11.2. The lowest BCUT2D eigenvalue weighted by Gasteiger charge is -2.01. The molecular formula is C12H17ClNO4+. The summed E-state index contributed by atoms with van der Waals surface area (Å²) in [6.07, 6.45) is 3.28. The minimum absolute atomic E-state index is 0. The van der Waals surface area contributed by atoms with Crippen LogP contribution in [0.2, 0.25) is 0 Å². The summed E-state index contributed by atoms with van der Waals surface area (Å²) in [5.74, 6) is -0.669. The molecule has 0 N–H and O–H groups in total. The van der Waals surface area contributed by atoms with Crippen molar-refractivity contribution in [3.8, 4) is 0 Å². The molecule has 0 atom stereocenters. The molecule has 5 nitrogen and oxygen atoms in total. The molecule has 1 rings (SSSR count). The van der Waals surface area contributed by atoms with Crippen LogP contribution in [0.25, 0.3) is 0 Å². The average molecular weight is 275 g/mol. The van der Waals surface area contributed by atoms with Crippen molar-refractivity contribution in [2.75, 3.05) is 13.2 Å². The van der Waals surface area contributed by atoms with E-state index in [0.717, 1.165) is 0 Å². The third-order valence-electron chi connectivity index (χ3n) is 2.02. The van der Waals surface area contributed by atoms with Crippen molar-refractivity contribution in [2.45, 2.75) is 20.4 Å². The molecule has 0 bridgehead atoms. The van der Waals surface area contributed by atoms with Gasteiger partial charge in [-0.1, -0.05) is 0 Å². The second kappa shape index (κ2) is 8.47. The molecule has 1 aromatic heterocycles. The van der Waals surface area contributed by atoms with Crippen LogP contribution in [0.1, 0.15) is 24.2 Å². The molecule has 0 radical (unpaired) electrons. The molecule has 0 aromatic carbocycles. The highest BCUT2D eigenvalue weighted by molar-refractivity contribution is 5.88. The lowest BCUT2D eigenvalue weighted by Crippen LogP contribution is -2.38. The highest BCUT2D eigenvalue weighted by Gasteiger charge is 2.12. The van der Waals surface area contributed by atoms with Gasteiger partial charge in [0.25, 0.3) is 0 Å². The fourth-order valence-electron chi connectivity index (χ4n) is 1.27. The number of pyridine rings is 1. The second-order valence-corrected chi connectivity index (χ2v) is 3.28. The van der Waals surface area contributed by atoms with Gasteiger partial charge in [0, 0.05) is 12.1 Å². The molecule has 0 aliphatic rings. The Hall–Kier alpha value is -1.62. The van der Waals surface area contributed by atoms with Gasteiger partial charge in [-0.3, -0.25) is 0 Å². The molecule has 1 aromatic rings. The lowest BCUT2D eigenvalue weighted by molar-refractivity contribution is -0.686. The summed E-state index contributed by atoms with van der Waals surface area (Å²) in [4.78, 5) is 22.6. The van der Waals surface area contributed by atoms with Crippen LogP contribution < -0.4 is 4.57 Å². The van der Waals surface area contributed by atoms with Gasteiger partial charge in [0.2, 0.25) is 6.54 Å². The summed E-state index contributed by atoms with van der Waals surface area (Å²) in [6.45, 7) is 4.35. The Balaban J connectivity index is 0.00000289. The minimum atomic E-state index is -0.365. The summed E-state index contributed by atoms with van der Waals surface area (Å²) in [7, 11) is 0. The number of hydrogen-bond donors (Lipinski definition) is 0. The summed E-state index contributed by atoms with van der Waals surface area (Å²) < 4.78 is 11.3. The molecule has 100 valence electrons. The lowest BCUT2D eigenvalue weighted by atomic mass is 10.3. The van der Waals surface area contributed by atoms with Gasteiger partial charge in [0.1, 0.15) is 0 Å². The molecule has 18 heavy (non-hydrogen) atoms. The molecule has 0 saturated heterocycles. The Morgan fingerprint density at radius 1 is 1.11 bits per heavy atom. The first-order valence-corrected chi connectivity index (χ1v) is 5.49. The van der Waals surface area contributed by atoms with Crippen LogP contribution in [-0.4, -0.2) is 25.2 Å². The van der Waals surface area contributed by atoms with E-state index in [-0.39, 0.29) is 30.9 Å². The van der Waals surface area contributed by atoms with Crippen molar-refractivity contribution in [3.05, 3.63) is 30.1 Å². The van der Waals surface area contributed by atoms with E-state index < -0.39 is 0 Å². The molecule has 1 heterocycles. The highest BCUT2D eigenvalue weighted by atomic mass is 35.5. The zero-order valence-electron chi connectivity index (χ0n) is 10.4. The van der Waals surface area contributed by atoms with Gasteiger partial charge >= 0.3 is 11.9 Å². The molecule has 0 spiro atoms. The van der Waals surface area contributed by atoms with E-state index in [1.807, 2.05) is 0 Å². The van der Waals surface area contributed by atoms with Crippen LogP contribution in [0.5, 0.6) is 0 Å². The predicted molar refractivity (Wildman–Crippen MR) is 66.5 cm³/mol. The Morgan fingerprint density at radius 2 is 1.67 bits per heavy atom. The van der Waals surface area contributed by atoms with E-state index in [0.29, 0.717) is 18.8 Å². The van der Waals surface area contributed by atoms with E-state index in [1.54, 1.807) is 42.9 Å². The third kappa shape index (κ3) is 5.14. The molecule has 0 aliphatic heterocycles. The Kier molecular flexibility index (Phi) is 7.71. The van der Waals surface area contributed by atoms with Crippen molar-refractivity contribution in [1.82, 2.24) is 0 Å². The van der Waals surface area contributed by atoms with Gasteiger partial charge in [-0.15, -0.1) is 12.4 Å². The maximum absolute atomic E-state index is 11.4. The largest absolute Gasteiger partial charge is 0.462 e. The van der Waals surface area contributed by atoms with Crippen LogP contribution in [0.4, 0.5) is 0 Å². The predicted octanol–water partition coefficient (Wildman–Crippen LogP) is 1.14. The number of ether oxygens (including phenoxy) is 2. The Morgan fingerprint density at radius 3 is 2.17 bits per heavy atom. The van der Waals surface area contributed by atoms with Crippen molar-refractivity contribution < 1.29 is 23.6 Å². The summed E-state index contributed by atoms with van der Waals surface area (Å²) >= 11 is 0. The molecule has 0 fully saturated rings. The molecule has 0 saturated carbocycles. The van der Waals surface area contributed by atoms with Gasteiger partial charge in [-0.2, -0.15) is 4.57 Å². The van der Waals surface area contributed by atoms with Crippen LogP contribution in [0, 0.1) is 0 Å². The van der Waals surface area contributed by atoms with Gasteiger partial charge < -0.3 is 9.47 Å². The van der Waals surface area contributed by atoms with E-state index in [2.05, 4.69) is 0 Å². The first-order valence-electron chi connectivity index (χ1n) is 5.49. The summed E-state index contributed by atoms with van der Waals surface area (Å²) in [6, 6.07) is 3.22. The Bertz CT molecular complexity index is 392. The number of carbonyl (C=O) groups excluding carboxylic acids is 2. The number of hydrogen-bond acceptors (Lipinski definition) is 4. The number of nitrogens with zero attached hydrogens (tertiary/aromatic N) is 1. The van der Waals surface area contributed by atoms with E-state index in [4.69, 9.17) is 9.47 Å². The average Bonchev–Trinajstić information content (AvgIpc) is 2.30. The van der Waals surface area contributed by atoms with Crippen LogP contribution in [-0.2, 0) is 20.8 Å². The van der Waals surface area contributed by atoms with Gasteiger partial charge in [-0.25, -0.2) is 9.59 Å². The van der Waals surface area contributed by atoms with E-state index in [1.165, 1.54) is 0 Å². The van der Waals surface area contributed by atoms with E-state index >= 15 is 0 Å². The summed E-state index contributed by atoms with van der Waals surface area (Å²) in [5.41, 5.74) is 0.465. The third-order valence-corrected chi connectivity index (χ3v) is 2.02. The second-order valence-electron chi connectivity index (χ2n) is 3.28.